The molecule has 12 heteroatoms. The Balaban J connectivity index is 2.35. The number of hydrogen-bond acceptors (Lipinski definition) is 6. The van der Waals surface area contributed by atoms with Crippen molar-refractivity contribution in [1.29, 1.82) is 0 Å². The normalized spacial score (nSPS) is 10.4. The van der Waals surface area contributed by atoms with E-state index in [2.05, 4.69) is 47.8 Å². The third-order valence-electron chi connectivity index (χ3n) is 3.16. The Morgan fingerprint density at radius 3 is 2.04 bits per heavy atom. The smallest absolute Gasteiger partial charge is 0.281 e. The molecule has 0 radical (unpaired) electrons. The van der Waals surface area contributed by atoms with Gasteiger partial charge in [-0.2, -0.15) is 0 Å². The minimum absolute atomic E-state index is 0.0251. The Hall–Kier alpha value is -1.61. The van der Waals surface area contributed by atoms with Crippen molar-refractivity contribution in [2.45, 2.75) is 13.1 Å². The lowest BCUT2D eigenvalue weighted by molar-refractivity contribution is 0.0134. The highest BCUT2D eigenvalue weighted by molar-refractivity contribution is 9.13. The largest absolute Gasteiger partial charge is 0.379 e. The van der Waals surface area contributed by atoms with E-state index < -0.39 is 5.56 Å². The predicted octanol–water partition coefficient (Wildman–Crippen LogP) is 1.53. The van der Waals surface area contributed by atoms with Crippen LogP contribution in [0, 0.1) is 12.3 Å². The number of aromatic nitrogens is 2. The molecule has 0 fully saturated rings. The van der Waals surface area contributed by atoms with E-state index in [1.807, 2.05) is 0 Å². The van der Waals surface area contributed by atoms with E-state index in [4.69, 9.17) is 26.2 Å². The van der Waals surface area contributed by atoms with Gasteiger partial charge in [-0.1, -0.05) is 11.0 Å². The molecular weight excluding hydrogens is 490 g/mol. The first kappa shape index (κ1) is 23.4. The van der Waals surface area contributed by atoms with Crippen LogP contribution in [0.5, 0.6) is 0 Å². The minimum Gasteiger partial charge on any atom is -0.379 e. The van der Waals surface area contributed by atoms with Crippen molar-refractivity contribution in [3.63, 3.8) is 0 Å². The molecule has 148 valence electrons. The average Bonchev–Trinajstić information content (AvgIpc) is 2.67. The third-order valence-corrected chi connectivity index (χ3v) is 5.16. The maximum absolute atomic E-state index is 12.3. The topological polar surface area (TPSA) is 120 Å². The fourth-order valence-corrected chi connectivity index (χ4v) is 2.69. The third kappa shape index (κ3) is 7.88. The second-order valence-electron chi connectivity index (χ2n) is 4.91. The molecule has 0 atom stereocenters. The molecule has 0 saturated carbocycles. The van der Waals surface area contributed by atoms with Crippen molar-refractivity contribution in [3.05, 3.63) is 40.1 Å². The fourth-order valence-electron chi connectivity index (χ4n) is 1.94. The summed E-state index contributed by atoms with van der Waals surface area (Å²) in [4.78, 5) is 27.1. The number of terminal acetylenes is 1. The van der Waals surface area contributed by atoms with Gasteiger partial charge in [0.05, 0.1) is 46.2 Å². The highest BCUT2D eigenvalue weighted by atomic mass is 79.9. The van der Waals surface area contributed by atoms with E-state index in [0.717, 1.165) is 0 Å². The van der Waals surface area contributed by atoms with Crippen LogP contribution >= 0.6 is 31.9 Å². The quantitative estimate of drug-likeness (QED) is 0.131. The lowest BCUT2D eigenvalue weighted by Gasteiger charge is -2.15. The molecule has 0 unspecified atom stereocenters. The van der Waals surface area contributed by atoms with Crippen molar-refractivity contribution < 1.29 is 14.2 Å². The highest BCUT2D eigenvalue weighted by Crippen LogP contribution is 2.13. The number of azide groups is 1. The number of nitrogens with zero attached hydrogens (tertiary/aromatic N) is 5. The molecule has 27 heavy (non-hydrogen) atoms. The summed E-state index contributed by atoms with van der Waals surface area (Å²) in [5, 5.41) is 3.34. The van der Waals surface area contributed by atoms with E-state index in [-0.39, 0.29) is 40.7 Å². The number of ether oxygens (including phenoxy) is 3. The van der Waals surface area contributed by atoms with Crippen molar-refractivity contribution in [2.75, 3.05) is 46.2 Å². The molecule has 0 aliphatic heterocycles. The van der Waals surface area contributed by atoms with Crippen LogP contribution in [0.3, 0.4) is 0 Å². The average molecular weight is 509 g/mol. The van der Waals surface area contributed by atoms with Crippen molar-refractivity contribution in [3.8, 4) is 12.3 Å². The van der Waals surface area contributed by atoms with E-state index in [0.29, 0.717) is 33.0 Å². The van der Waals surface area contributed by atoms with Crippen molar-refractivity contribution in [1.82, 2.24) is 9.36 Å². The molecular formula is C15H19Br2N5O5. The first-order valence-corrected chi connectivity index (χ1v) is 9.49. The Kier molecular flexibility index (Phi) is 11.8. The summed E-state index contributed by atoms with van der Waals surface area (Å²) in [7, 11) is 0. The van der Waals surface area contributed by atoms with Crippen LogP contribution in [0.1, 0.15) is 0 Å². The first-order chi connectivity index (χ1) is 13.0. The van der Waals surface area contributed by atoms with Crippen LogP contribution in [0.25, 0.3) is 10.4 Å². The molecule has 0 aliphatic rings. The van der Waals surface area contributed by atoms with Gasteiger partial charge in [0.2, 0.25) is 0 Å². The van der Waals surface area contributed by atoms with Crippen LogP contribution in [0.4, 0.5) is 0 Å². The van der Waals surface area contributed by atoms with Gasteiger partial charge >= 0.3 is 0 Å². The van der Waals surface area contributed by atoms with Crippen molar-refractivity contribution in [2.24, 2.45) is 5.11 Å². The van der Waals surface area contributed by atoms with Crippen molar-refractivity contribution >= 4 is 31.9 Å². The fraction of sp³-hybridized carbons (Fsp3) is 0.600. The van der Waals surface area contributed by atoms with Crippen LogP contribution in [0.15, 0.2) is 23.6 Å². The summed E-state index contributed by atoms with van der Waals surface area (Å²) in [6, 6.07) is 0. The second-order valence-corrected chi connectivity index (χ2v) is 6.50. The summed E-state index contributed by atoms with van der Waals surface area (Å²) in [6.45, 7) is 2.45. The van der Waals surface area contributed by atoms with Gasteiger partial charge in [0.15, 0.2) is 0 Å². The lowest BCUT2D eigenvalue weighted by atomic mass is 10.5. The van der Waals surface area contributed by atoms with Gasteiger partial charge in [-0.15, -0.1) is 6.42 Å². The molecule has 1 aromatic rings. The summed E-state index contributed by atoms with van der Waals surface area (Å²) < 4.78 is 18.6. The molecule has 0 bridgehead atoms. The molecule has 10 nitrogen and oxygen atoms in total. The van der Waals surface area contributed by atoms with Crippen LogP contribution in [0.2, 0.25) is 0 Å². The monoisotopic (exact) mass is 507 g/mol. The summed E-state index contributed by atoms with van der Waals surface area (Å²) in [5.41, 5.74) is 7.31. The zero-order chi connectivity index (χ0) is 20.1. The Labute approximate surface area is 172 Å². The zero-order valence-electron chi connectivity index (χ0n) is 14.5. The standard InChI is InChI=1S/C15H19Br2N5O5/c1-2-4-21-14(23)12(16)13(17)15(24)22(21)5-7-26-9-11-27-10-8-25-6-3-19-20-18/h1H,3-11H2. The SMILES string of the molecule is C#CCn1c(=O)c(Br)c(Br)c(=O)n1CCOCCOCCOCCN=[N+]=[N-]. The summed E-state index contributed by atoms with van der Waals surface area (Å²) in [5.74, 6) is 2.36. The number of rotatable bonds is 13. The zero-order valence-corrected chi connectivity index (χ0v) is 17.6. The molecule has 1 rings (SSSR count). The summed E-state index contributed by atoms with van der Waals surface area (Å²) >= 11 is 6.19. The van der Waals surface area contributed by atoms with Gasteiger partial charge < -0.3 is 14.2 Å². The summed E-state index contributed by atoms with van der Waals surface area (Å²) in [6.07, 6.45) is 5.27. The Morgan fingerprint density at radius 2 is 1.48 bits per heavy atom. The maximum Gasteiger partial charge on any atom is 0.281 e. The van der Waals surface area contributed by atoms with Gasteiger partial charge in [0, 0.05) is 11.5 Å². The van der Waals surface area contributed by atoms with E-state index in [9.17, 15) is 9.59 Å². The van der Waals surface area contributed by atoms with Gasteiger partial charge in [0.25, 0.3) is 11.1 Å². The molecule has 0 saturated heterocycles. The molecule has 1 heterocycles. The lowest BCUT2D eigenvalue weighted by Crippen LogP contribution is -2.40. The van der Waals surface area contributed by atoms with Crippen LogP contribution < -0.4 is 11.1 Å². The molecule has 0 aromatic carbocycles. The predicted molar refractivity (Wildman–Crippen MR) is 106 cm³/mol. The van der Waals surface area contributed by atoms with E-state index in [1.54, 1.807) is 0 Å². The van der Waals surface area contributed by atoms with Gasteiger partial charge in [0.1, 0.15) is 15.5 Å². The number of halogens is 2. The highest BCUT2D eigenvalue weighted by Gasteiger charge is 2.14. The van der Waals surface area contributed by atoms with Gasteiger partial charge in [-0.3, -0.25) is 9.59 Å². The molecule has 1 aromatic heterocycles. The van der Waals surface area contributed by atoms with Crippen LogP contribution in [-0.4, -0.2) is 55.5 Å². The van der Waals surface area contributed by atoms with E-state index in [1.165, 1.54) is 9.36 Å². The molecule has 0 aliphatic carbocycles. The second kappa shape index (κ2) is 13.5. The minimum atomic E-state index is -0.400. The maximum atomic E-state index is 12.3. The van der Waals surface area contributed by atoms with Gasteiger partial charge in [-0.05, 0) is 37.4 Å². The molecule has 0 spiro atoms. The Morgan fingerprint density at radius 1 is 0.963 bits per heavy atom. The van der Waals surface area contributed by atoms with Crippen LogP contribution in [-0.2, 0) is 27.3 Å². The molecule has 0 N–H and O–H groups in total. The molecule has 0 amide bonds. The Bertz CT molecular complexity index is 811. The number of hydrogen-bond donors (Lipinski definition) is 0. The van der Waals surface area contributed by atoms with Gasteiger partial charge in [-0.25, -0.2) is 9.36 Å². The van der Waals surface area contributed by atoms with E-state index >= 15 is 0 Å². The first-order valence-electron chi connectivity index (χ1n) is 7.91.